The lowest BCUT2D eigenvalue weighted by atomic mass is 9.99. The minimum Gasteiger partial charge on any atom is -0.398 e. The van der Waals surface area contributed by atoms with Gasteiger partial charge in [0.2, 0.25) is 0 Å². The predicted molar refractivity (Wildman–Crippen MR) is 71.1 cm³/mol. The van der Waals surface area contributed by atoms with Crippen molar-refractivity contribution in [3.05, 3.63) is 51.4 Å². The highest BCUT2D eigenvalue weighted by molar-refractivity contribution is 5.74. The summed E-state index contributed by atoms with van der Waals surface area (Å²) in [5.41, 5.74) is 7.70. The van der Waals surface area contributed by atoms with Crippen LogP contribution in [0.3, 0.4) is 0 Å². The number of nitrogen functional groups attached to an aromatic ring is 1. The number of H-pyrrole nitrogens is 1. The van der Waals surface area contributed by atoms with Crippen LogP contribution in [0.1, 0.15) is 16.8 Å². The Kier molecular flexibility index (Phi) is 3.05. The Morgan fingerprint density at radius 1 is 1.21 bits per heavy atom. The first-order valence-corrected chi connectivity index (χ1v) is 5.51. The zero-order valence-electron chi connectivity index (χ0n) is 10.2. The number of nitrogens with two attached hydrogens (primary N) is 1. The topological polar surface area (TPSA) is 106 Å². The van der Waals surface area contributed by atoms with Gasteiger partial charge in [-0.25, -0.2) is 0 Å². The molecular formula is C14H10N4O. The standard InChI is InChI=1S/C14H10N4O/c1-8-4-11(12(7-16)14(19)18-8)9-2-3-13(17)10(5-9)6-15/h2-5H,17H2,1H3,(H,18,19). The molecule has 3 N–H and O–H groups in total. The largest absolute Gasteiger partial charge is 0.398 e. The van der Waals surface area contributed by atoms with E-state index in [9.17, 15) is 4.79 Å². The summed E-state index contributed by atoms with van der Waals surface area (Å²) in [5, 5.41) is 18.0. The molecule has 19 heavy (non-hydrogen) atoms. The van der Waals surface area contributed by atoms with Gasteiger partial charge in [0, 0.05) is 16.9 Å². The number of nitrogens with one attached hydrogen (secondary N) is 1. The van der Waals surface area contributed by atoms with Crippen molar-refractivity contribution in [3.63, 3.8) is 0 Å². The maximum absolute atomic E-state index is 11.7. The first-order valence-electron chi connectivity index (χ1n) is 5.51. The highest BCUT2D eigenvalue weighted by Gasteiger charge is 2.11. The van der Waals surface area contributed by atoms with Gasteiger partial charge < -0.3 is 10.7 Å². The van der Waals surface area contributed by atoms with Gasteiger partial charge >= 0.3 is 0 Å². The molecule has 0 spiro atoms. The molecule has 0 saturated carbocycles. The van der Waals surface area contributed by atoms with Gasteiger partial charge in [-0.15, -0.1) is 0 Å². The molecule has 0 aliphatic rings. The molecule has 0 bridgehead atoms. The van der Waals surface area contributed by atoms with Gasteiger partial charge in [-0.05, 0) is 30.7 Å². The first kappa shape index (κ1) is 12.4. The maximum Gasteiger partial charge on any atom is 0.266 e. The van der Waals surface area contributed by atoms with Crippen LogP contribution in [-0.2, 0) is 0 Å². The van der Waals surface area contributed by atoms with Crippen molar-refractivity contribution in [2.24, 2.45) is 0 Å². The number of pyridine rings is 1. The molecule has 92 valence electrons. The zero-order valence-corrected chi connectivity index (χ0v) is 10.2. The molecule has 0 saturated heterocycles. The van der Waals surface area contributed by atoms with Gasteiger partial charge in [0.25, 0.3) is 5.56 Å². The fraction of sp³-hybridized carbons (Fsp3) is 0.0714. The van der Waals surface area contributed by atoms with Crippen molar-refractivity contribution in [2.45, 2.75) is 6.92 Å². The number of benzene rings is 1. The third-order valence-electron chi connectivity index (χ3n) is 2.76. The van der Waals surface area contributed by atoms with Crippen molar-refractivity contribution < 1.29 is 0 Å². The summed E-state index contributed by atoms with van der Waals surface area (Å²) in [6.45, 7) is 1.73. The van der Waals surface area contributed by atoms with Crippen molar-refractivity contribution >= 4 is 5.69 Å². The van der Waals surface area contributed by atoms with Gasteiger partial charge in [-0.1, -0.05) is 6.07 Å². The molecular weight excluding hydrogens is 240 g/mol. The number of hydrogen-bond acceptors (Lipinski definition) is 4. The molecule has 0 radical (unpaired) electrons. The van der Waals surface area contributed by atoms with Gasteiger partial charge in [0.05, 0.1) is 5.56 Å². The molecule has 0 aliphatic carbocycles. The lowest BCUT2D eigenvalue weighted by molar-refractivity contribution is 1.13. The summed E-state index contributed by atoms with van der Waals surface area (Å²) in [5.74, 6) is 0. The number of rotatable bonds is 1. The van der Waals surface area contributed by atoms with Crippen LogP contribution >= 0.6 is 0 Å². The van der Waals surface area contributed by atoms with E-state index in [1.165, 1.54) is 0 Å². The number of aryl methyl sites for hydroxylation is 1. The highest BCUT2D eigenvalue weighted by Crippen LogP contribution is 2.25. The molecule has 2 rings (SSSR count). The summed E-state index contributed by atoms with van der Waals surface area (Å²) in [7, 11) is 0. The summed E-state index contributed by atoms with van der Waals surface area (Å²) >= 11 is 0. The number of hydrogen-bond donors (Lipinski definition) is 2. The van der Waals surface area contributed by atoms with E-state index in [0.717, 1.165) is 0 Å². The number of aromatic nitrogens is 1. The SMILES string of the molecule is Cc1cc(-c2ccc(N)c(C#N)c2)c(C#N)c(=O)[nH]1. The third kappa shape index (κ3) is 2.18. The van der Waals surface area contributed by atoms with E-state index in [1.54, 1.807) is 31.2 Å². The van der Waals surface area contributed by atoms with Crippen LogP contribution in [0, 0.1) is 29.6 Å². The van der Waals surface area contributed by atoms with E-state index in [0.29, 0.717) is 28.1 Å². The van der Waals surface area contributed by atoms with Gasteiger partial charge in [0.1, 0.15) is 17.7 Å². The van der Waals surface area contributed by atoms with E-state index >= 15 is 0 Å². The average Bonchev–Trinajstić information content (AvgIpc) is 2.38. The minimum absolute atomic E-state index is 0.0271. The van der Waals surface area contributed by atoms with Crippen molar-refractivity contribution in [1.82, 2.24) is 4.98 Å². The van der Waals surface area contributed by atoms with E-state index < -0.39 is 5.56 Å². The van der Waals surface area contributed by atoms with Gasteiger partial charge in [-0.3, -0.25) is 4.79 Å². The predicted octanol–water partition coefficient (Wildman–Crippen LogP) is 1.68. The summed E-state index contributed by atoms with van der Waals surface area (Å²) in [4.78, 5) is 14.3. The molecule has 0 aliphatic heterocycles. The Bertz CT molecular complexity index is 791. The molecule has 1 aromatic heterocycles. The second-order valence-corrected chi connectivity index (χ2v) is 4.10. The van der Waals surface area contributed by atoms with Crippen LogP contribution in [0.2, 0.25) is 0 Å². The monoisotopic (exact) mass is 250 g/mol. The molecule has 5 heteroatoms. The van der Waals surface area contributed by atoms with Crippen LogP contribution in [0.15, 0.2) is 29.1 Å². The molecule has 0 atom stereocenters. The van der Waals surface area contributed by atoms with Crippen molar-refractivity contribution in [2.75, 3.05) is 5.73 Å². The Labute approximate surface area is 109 Å². The Morgan fingerprint density at radius 2 is 1.95 bits per heavy atom. The fourth-order valence-corrected chi connectivity index (χ4v) is 1.85. The lowest BCUT2D eigenvalue weighted by Crippen LogP contribution is -2.12. The van der Waals surface area contributed by atoms with E-state index in [-0.39, 0.29) is 5.56 Å². The molecule has 1 heterocycles. The Morgan fingerprint density at radius 3 is 2.58 bits per heavy atom. The number of nitriles is 2. The Balaban J connectivity index is 2.77. The number of nitrogens with zero attached hydrogens (tertiary/aromatic N) is 2. The molecule has 0 fully saturated rings. The molecule has 2 aromatic rings. The summed E-state index contributed by atoms with van der Waals surface area (Å²) in [6.07, 6.45) is 0. The van der Waals surface area contributed by atoms with Crippen molar-refractivity contribution in [1.29, 1.82) is 10.5 Å². The van der Waals surface area contributed by atoms with Crippen LogP contribution in [-0.4, -0.2) is 4.98 Å². The zero-order chi connectivity index (χ0) is 14.0. The Hall–Kier alpha value is -3.05. The second kappa shape index (κ2) is 4.67. The van der Waals surface area contributed by atoms with Crippen LogP contribution in [0.4, 0.5) is 5.69 Å². The summed E-state index contributed by atoms with van der Waals surface area (Å²) < 4.78 is 0. The van der Waals surface area contributed by atoms with Crippen LogP contribution in [0.5, 0.6) is 0 Å². The van der Waals surface area contributed by atoms with Gasteiger partial charge in [-0.2, -0.15) is 10.5 Å². The van der Waals surface area contributed by atoms with Gasteiger partial charge in [0.15, 0.2) is 0 Å². The molecule has 1 aromatic carbocycles. The second-order valence-electron chi connectivity index (χ2n) is 4.10. The van der Waals surface area contributed by atoms with E-state index in [1.807, 2.05) is 12.1 Å². The van der Waals surface area contributed by atoms with E-state index in [2.05, 4.69) is 4.98 Å². The quantitative estimate of drug-likeness (QED) is 0.750. The third-order valence-corrected chi connectivity index (χ3v) is 2.76. The number of aromatic amines is 1. The van der Waals surface area contributed by atoms with Crippen LogP contribution < -0.4 is 11.3 Å². The fourth-order valence-electron chi connectivity index (χ4n) is 1.85. The first-order chi connectivity index (χ1) is 9.06. The van der Waals surface area contributed by atoms with Crippen molar-refractivity contribution in [3.8, 4) is 23.3 Å². The van der Waals surface area contributed by atoms with E-state index in [4.69, 9.17) is 16.3 Å². The lowest BCUT2D eigenvalue weighted by Gasteiger charge is -2.07. The average molecular weight is 250 g/mol. The molecule has 0 unspecified atom stereocenters. The normalized spacial score (nSPS) is 9.63. The summed E-state index contributed by atoms with van der Waals surface area (Å²) in [6, 6.07) is 10.4. The highest BCUT2D eigenvalue weighted by atomic mass is 16.1. The van der Waals surface area contributed by atoms with Crippen LogP contribution in [0.25, 0.3) is 11.1 Å². The molecule has 5 nitrogen and oxygen atoms in total. The molecule has 0 amide bonds. The number of anilines is 1. The maximum atomic E-state index is 11.7. The minimum atomic E-state index is -0.437. The smallest absolute Gasteiger partial charge is 0.266 e.